The van der Waals surface area contributed by atoms with Crippen molar-refractivity contribution in [2.75, 3.05) is 18.9 Å². The quantitative estimate of drug-likeness (QED) is 0.419. The van der Waals surface area contributed by atoms with Gasteiger partial charge in [0.25, 0.3) is 11.4 Å². The standard InChI is InChI=1S/C11H16FN5O5/c1-5(20)11(12,3-19)22-6(2-18)17-4-14-7-8(17)15-10(13)16-9(7)21/h4-6,18-20H,2-3H2,1H3,(H3,13,15,16,21)/t5-,6+,11+/m0/s1. The summed E-state index contributed by atoms with van der Waals surface area (Å²) in [6.07, 6.45) is -1.94. The van der Waals surface area contributed by atoms with E-state index in [0.29, 0.717) is 0 Å². The number of hydrogen-bond acceptors (Lipinski definition) is 8. The van der Waals surface area contributed by atoms with Gasteiger partial charge >= 0.3 is 0 Å². The van der Waals surface area contributed by atoms with Crippen LogP contribution in [0.3, 0.4) is 0 Å². The molecule has 6 N–H and O–H groups in total. The lowest BCUT2D eigenvalue weighted by atomic mass is 10.2. The van der Waals surface area contributed by atoms with Crippen LogP contribution in [0.1, 0.15) is 13.2 Å². The van der Waals surface area contributed by atoms with Crippen molar-refractivity contribution in [3.8, 4) is 0 Å². The number of alkyl halides is 1. The molecule has 0 amide bonds. The van der Waals surface area contributed by atoms with Gasteiger partial charge in [0, 0.05) is 0 Å². The maximum absolute atomic E-state index is 14.3. The summed E-state index contributed by atoms with van der Waals surface area (Å²) in [5, 5.41) is 27.8. The normalized spacial score (nSPS) is 17.3. The number of imidazole rings is 1. The van der Waals surface area contributed by atoms with E-state index in [9.17, 15) is 19.4 Å². The molecule has 0 saturated heterocycles. The van der Waals surface area contributed by atoms with Gasteiger partial charge in [-0.3, -0.25) is 14.3 Å². The van der Waals surface area contributed by atoms with E-state index in [4.69, 9.17) is 15.6 Å². The first-order valence-corrected chi connectivity index (χ1v) is 6.31. The number of ether oxygens (including phenoxy) is 1. The van der Waals surface area contributed by atoms with Crippen molar-refractivity contribution in [2.24, 2.45) is 0 Å². The fraction of sp³-hybridized carbons (Fsp3) is 0.545. The molecular weight excluding hydrogens is 301 g/mol. The number of nitrogens with one attached hydrogen (secondary N) is 1. The Morgan fingerprint density at radius 2 is 2.27 bits per heavy atom. The summed E-state index contributed by atoms with van der Waals surface area (Å²) in [5.74, 6) is -3.00. The Morgan fingerprint density at radius 1 is 1.59 bits per heavy atom. The van der Waals surface area contributed by atoms with Crippen molar-refractivity contribution in [1.29, 1.82) is 0 Å². The van der Waals surface area contributed by atoms with Gasteiger partial charge in [0.1, 0.15) is 12.7 Å². The van der Waals surface area contributed by atoms with Crippen LogP contribution in [0, 0.1) is 0 Å². The Balaban J connectivity index is 2.46. The highest BCUT2D eigenvalue weighted by Crippen LogP contribution is 2.26. The van der Waals surface area contributed by atoms with Gasteiger partial charge in [0.2, 0.25) is 5.95 Å². The van der Waals surface area contributed by atoms with E-state index in [0.717, 1.165) is 17.8 Å². The number of halogens is 1. The first-order valence-electron chi connectivity index (χ1n) is 6.31. The van der Waals surface area contributed by atoms with Gasteiger partial charge < -0.3 is 25.8 Å². The third-order valence-corrected chi connectivity index (χ3v) is 3.09. The fourth-order valence-electron chi connectivity index (χ4n) is 1.83. The van der Waals surface area contributed by atoms with Gasteiger partial charge in [0.15, 0.2) is 17.4 Å². The van der Waals surface area contributed by atoms with E-state index < -0.39 is 37.0 Å². The molecular formula is C11H16FN5O5. The number of H-pyrrole nitrogens is 1. The molecule has 22 heavy (non-hydrogen) atoms. The number of nitrogens with zero attached hydrogens (tertiary/aromatic N) is 3. The predicted octanol–water partition coefficient (Wildman–Crippen LogP) is -1.75. The second kappa shape index (κ2) is 5.96. The van der Waals surface area contributed by atoms with Crippen LogP contribution in [0.4, 0.5) is 10.3 Å². The number of aromatic nitrogens is 4. The van der Waals surface area contributed by atoms with Crippen LogP contribution in [0.5, 0.6) is 0 Å². The number of aliphatic hydroxyl groups excluding tert-OH is 3. The topological polar surface area (TPSA) is 160 Å². The Labute approximate surface area is 123 Å². The number of aliphatic hydroxyl groups is 3. The lowest BCUT2D eigenvalue weighted by Gasteiger charge is -2.30. The zero-order chi connectivity index (χ0) is 16.5. The van der Waals surface area contributed by atoms with Crippen molar-refractivity contribution in [2.45, 2.75) is 25.1 Å². The van der Waals surface area contributed by atoms with Gasteiger partial charge in [-0.05, 0) is 6.92 Å². The molecule has 2 heterocycles. The summed E-state index contributed by atoms with van der Waals surface area (Å²) >= 11 is 0. The molecule has 0 spiro atoms. The number of hydrogen-bond donors (Lipinski definition) is 5. The minimum Gasteiger partial charge on any atom is -0.392 e. The zero-order valence-corrected chi connectivity index (χ0v) is 11.6. The molecule has 2 rings (SSSR count). The second-order valence-corrected chi connectivity index (χ2v) is 4.65. The first kappa shape index (κ1) is 16.3. The monoisotopic (exact) mass is 317 g/mol. The van der Waals surface area contributed by atoms with E-state index in [-0.39, 0.29) is 17.1 Å². The van der Waals surface area contributed by atoms with E-state index in [2.05, 4.69) is 15.0 Å². The predicted molar refractivity (Wildman–Crippen MR) is 72.4 cm³/mol. The minimum atomic E-state index is -2.81. The largest absolute Gasteiger partial charge is 0.392 e. The van der Waals surface area contributed by atoms with Gasteiger partial charge in [-0.25, -0.2) is 9.37 Å². The minimum absolute atomic E-state index is 0.0359. The van der Waals surface area contributed by atoms with Crippen molar-refractivity contribution >= 4 is 17.1 Å². The molecule has 2 aromatic heterocycles. The molecule has 0 aliphatic carbocycles. The number of fused-ring (bicyclic) bond motifs is 1. The summed E-state index contributed by atoms with van der Waals surface area (Å²) in [4.78, 5) is 21.5. The van der Waals surface area contributed by atoms with Crippen LogP contribution >= 0.6 is 0 Å². The van der Waals surface area contributed by atoms with E-state index in [1.165, 1.54) is 0 Å². The van der Waals surface area contributed by atoms with Crippen molar-refractivity contribution in [3.05, 3.63) is 16.7 Å². The molecule has 2 aromatic rings. The van der Waals surface area contributed by atoms with Gasteiger partial charge in [-0.2, -0.15) is 4.98 Å². The summed E-state index contributed by atoms with van der Waals surface area (Å²) in [7, 11) is 0. The number of nitrogens with two attached hydrogens (primary N) is 1. The smallest absolute Gasteiger partial charge is 0.280 e. The van der Waals surface area contributed by atoms with Gasteiger partial charge in [0.05, 0.1) is 12.9 Å². The van der Waals surface area contributed by atoms with E-state index in [1.807, 2.05) is 0 Å². The molecule has 122 valence electrons. The zero-order valence-electron chi connectivity index (χ0n) is 11.6. The maximum Gasteiger partial charge on any atom is 0.280 e. The van der Waals surface area contributed by atoms with Gasteiger partial charge in [-0.15, -0.1) is 0 Å². The lowest BCUT2D eigenvalue weighted by molar-refractivity contribution is -0.265. The summed E-state index contributed by atoms with van der Waals surface area (Å²) in [6, 6.07) is 0. The molecule has 0 unspecified atom stereocenters. The Bertz CT molecular complexity index is 716. The highest BCUT2D eigenvalue weighted by atomic mass is 19.2. The fourth-order valence-corrected chi connectivity index (χ4v) is 1.83. The van der Waals surface area contributed by atoms with Crippen LogP contribution in [0.25, 0.3) is 11.2 Å². The highest BCUT2D eigenvalue weighted by Gasteiger charge is 2.39. The number of anilines is 1. The Kier molecular flexibility index (Phi) is 4.42. The summed E-state index contributed by atoms with van der Waals surface area (Å²) in [6.45, 7) is -0.778. The molecule has 0 bridgehead atoms. The van der Waals surface area contributed by atoms with Crippen LogP contribution < -0.4 is 11.3 Å². The SMILES string of the molecule is C[C@H](O)[C@@](F)(CO)O[C@H](CO)n1cnc2c(=O)[nH]c(N)nc21. The first-order chi connectivity index (χ1) is 10.3. The average molecular weight is 317 g/mol. The Hall–Kier alpha value is -2.08. The second-order valence-electron chi connectivity index (χ2n) is 4.65. The van der Waals surface area contributed by atoms with Crippen molar-refractivity contribution in [1.82, 2.24) is 19.5 Å². The molecule has 0 aromatic carbocycles. The highest BCUT2D eigenvalue weighted by molar-refractivity contribution is 5.70. The van der Waals surface area contributed by atoms with E-state index >= 15 is 0 Å². The molecule has 11 heteroatoms. The van der Waals surface area contributed by atoms with Crippen molar-refractivity contribution in [3.63, 3.8) is 0 Å². The number of aromatic amines is 1. The number of nitrogen functional groups attached to an aromatic ring is 1. The third kappa shape index (κ3) is 2.78. The van der Waals surface area contributed by atoms with Crippen molar-refractivity contribution < 1.29 is 24.4 Å². The summed E-state index contributed by atoms with van der Waals surface area (Å²) < 4.78 is 20.3. The Morgan fingerprint density at radius 3 is 2.82 bits per heavy atom. The van der Waals surface area contributed by atoms with Gasteiger partial charge in [-0.1, -0.05) is 0 Å². The van der Waals surface area contributed by atoms with E-state index in [1.54, 1.807) is 0 Å². The summed E-state index contributed by atoms with van der Waals surface area (Å²) in [5.41, 5.74) is 4.70. The molecule has 0 fully saturated rings. The molecule has 3 atom stereocenters. The molecule has 0 aliphatic heterocycles. The third-order valence-electron chi connectivity index (χ3n) is 3.09. The van der Waals surface area contributed by atoms with Crippen LogP contribution in [0.15, 0.2) is 11.1 Å². The molecule has 0 aliphatic rings. The molecule has 0 radical (unpaired) electrons. The molecule has 10 nitrogen and oxygen atoms in total. The average Bonchev–Trinajstić information content (AvgIpc) is 2.88. The lowest BCUT2D eigenvalue weighted by Crippen LogP contribution is -2.44. The molecule has 0 saturated carbocycles. The van der Waals surface area contributed by atoms with Crippen LogP contribution in [0.2, 0.25) is 0 Å². The van der Waals surface area contributed by atoms with Crippen LogP contribution in [-0.4, -0.2) is 60.0 Å². The maximum atomic E-state index is 14.3. The number of rotatable bonds is 6. The van der Waals surface area contributed by atoms with Crippen LogP contribution in [-0.2, 0) is 4.74 Å².